The molecule has 1 amide bonds. The van der Waals surface area contributed by atoms with Crippen LogP contribution in [-0.4, -0.2) is 46.7 Å². The first-order chi connectivity index (χ1) is 9.00. The third kappa shape index (κ3) is 2.82. The number of amides is 1. The molecule has 1 aromatic carbocycles. The van der Waals surface area contributed by atoms with Crippen LogP contribution in [0.2, 0.25) is 0 Å². The van der Waals surface area contributed by atoms with Crippen molar-refractivity contribution in [1.29, 1.82) is 0 Å². The molecule has 102 valence electrons. The largest absolute Gasteiger partial charge is 0.507 e. The topological polar surface area (TPSA) is 75.8 Å². The second-order valence-electron chi connectivity index (χ2n) is 4.15. The number of benzene rings is 1. The van der Waals surface area contributed by atoms with E-state index in [9.17, 15) is 14.3 Å². The molecule has 1 aliphatic rings. The zero-order valence-corrected chi connectivity index (χ0v) is 10.8. The van der Waals surface area contributed by atoms with Gasteiger partial charge in [0, 0.05) is 6.54 Å². The van der Waals surface area contributed by atoms with Gasteiger partial charge in [0.15, 0.2) is 0 Å². The number of phenolic OH excluding ortho intramolecular Hbond substituents is 1. The van der Waals surface area contributed by atoms with Crippen molar-refractivity contribution in [3.8, 4) is 5.75 Å². The van der Waals surface area contributed by atoms with E-state index in [0.29, 0.717) is 6.54 Å². The van der Waals surface area contributed by atoms with Crippen LogP contribution in [0.25, 0.3) is 0 Å². The molecule has 0 aliphatic carbocycles. The molecule has 0 aromatic heterocycles. The van der Waals surface area contributed by atoms with E-state index in [1.807, 2.05) is 0 Å². The van der Waals surface area contributed by atoms with Crippen molar-refractivity contribution in [2.75, 3.05) is 19.7 Å². The van der Waals surface area contributed by atoms with Gasteiger partial charge in [0.25, 0.3) is 5.91 Å². The molecule has 1 fully saturated rings. The normalized spacial score (nSPS) is 19.2. The zero-order valence-electron chi connectivity index (χ0n) is 10.0. The lowest BCUT2D eigenvalue weighted by molar-refractivity contribution is 0.00842. The summed E-state index contributed by atoms with van der Waals surface area (Å²) < 4.78 is 18.9. The van der Waals surface area contributed by atoms with Crippen LogP contribution < -0.4 is 5.73 Å². The van der Waals surface area contributed by atoms with E-state index in [4.69, 9.17) is 22.7 Å². The summed E-state index contributed by atoms with van der Waals surface area (Å²) in [5.74, 6) is -1.74. The van der Waals surface area contributed by atoms with Crippen molar-refractivity contribution in [2.24, 2.45) is 5.73 Å². The molecule has 1 aromatic rings. The number of phenols is 1. The van der Waals surface area contributed by atoms with Crippen molar-refractivity contribution >= 4 is 23.1 Å². The Labute approximate surface area is 114 Å². The molecule has 1 saturated heterocycles. The summed E-state index contributed by atoms with van der Waals surface area (Å²) in [4.78, 5) is 13.7. The molecule has 19 heavy (non-hydrogen) atoms. The fourth-order valence-corrected chi connectivity index (χ4v) is 2.03. The smallest absolute Gasteiger partial charge is 0.260 e. The van der Waals surface area contributed by atoms with E-state index >= 15 is 0 Å². The van der Waals surface area contributed by atoms with Crippen molar-refractivity contribution in [1.82, 2.24) is 4.90 Å². The molecule has 0 radical (unpaired) electrons. The molecule has 1 atom stereocenters. The maximum absolute atomic E-state index is 13.6. The number of halogens is 1. The van der Waals surface area contributed by atoms with Crippen molar-refractivity contribution in [2.45, 2.75) is 6.10 Å². The predicted octanol–water partition coefficient (Wildman–Crippen LogP) is 0.658. The zero-order chi connectivity index (χ0) is 14.0. The number of nitrogens with two attached hydrogens (primary N) is 1. The second kappa shape index (κ2) is 5.50. The Hall–Kier alpha value is -1.73. The standard InChI is InChI=1S/C12H13FN2O3S/c13-7-2-1-3-8(16)10(7)12(17)15-4-5-18-9(6-15)11(14)19/h1-3,9,16H,4-6H2,(H2,14,19). The van der Waals surface area contributed by atoms with Crippen LogP contribution in [-0.2, 0) is 4.74 Å². The van der Waals surface area contributed by atoms with Gasteiger partial charge in [0.05, 0.1) is 13.2 Å². The molecule has 3 N–H and O–H groups in total. The lowest BCUT2D eigenvalue weighted by atomic mass is 10.1. The first-order valence-electron chi connectivity index (χ1n) is 5.68. The first kappa shape index (κ1) is 13.7. The summed E-state index contributed by atoms with van der Waals surface area (Å²) in [6.07, 6.45) is -0.540. The van der Waals surface area contributed by atoms with E-state index in [1.54, 1.807) is 0 Å². The first-order valence-corrected chi connectivity index (χ1v) is 6.09. The number of ether oxygens (including phenoxy) is 1. The number of thiocarbonyl (C=S) groups is 1. The van der Waals surface area contributed by atoms with Gasteiger partial charge in [-0.25, -0.2) is 4.39 Å². The van der Waals surface area contributed by atoms with Gasteiger partial charge < -0.3 is 20.5 Å². The molecule has 1 heterocycles. The number of nitrogens with zero attached hydrogens (tertiary/aromatic N) is 1. The molecular formula is C12H13FN2O3S. The summed E-state index contributed by atoms with van der Waals surface area (Å²) in [5.41, 5.74) is 5.13. The van der Waals surface area contributed by atoms with Crippen LogP contribution in [0.15, 0.2) is 18.2 Å². The average Bonchev–Trinajstić information content (AvgIpc) is 2.38. The Bertz CT molecular complexity index is 503. The molecule has 0 saturated carbocycles. The van der Waals surface area contributed by atoms with Crippen molar-refractivity contribution in [3.05, 3.63) is 29.6 Å². The fraction of sp³-hybridized carbons (Fsp3) is 0.333. The monoisotopic (exact) mass is 284 g/mol. The highest BCUT2D eigenvalue weighted by molar-refractivity contribution is 7.80. The minimum absolute atomic E-state index is 0.148. The van der Waals surface area contributed by atoms with Gasteiger partial charge in [0.2, 0.25) is 0 Å². The van der Waals surface area contributed by atoms with Crippen LogP contribution >= 0.6 is 12.2 Å². The number of hydrogen-bond acceptors (Lipinski definition) is 4. The fourth-order valence-electron chi connectivity index (χ4n) is 1.89. The number of aromatic hydroxyl groups is 1. The molecule has 7 heteroatoms. The Kier molecular flexibility index (Phi) is 3.96. The molecule has 5 nitrogen and oxygen atoms in total. The van der Waals surface area contributed by atoms with Crippen LogP contribution in [0.1, 0.15) is 10.4 Å². The van der Waals surface area contributed by atoms with Gasteiger partial charge in [-0.1, -0.05) is 18.3 Å². The van der Waals surface area contributed by atoms with E-state index < -0.39 is 17.8 Å². The van der Waals surface area contributed by atoms with E-state index in [-0.39, 0.29) is 29.5 Å². The summed E-state index contributed by atoms with van der Waals surface area (Å²) in [6.45, 7) is 0.719. The molecule has 1 aliphatic heterocycles. The van der Waals surface area contributed by atoms with Gasteiger partial charge in [-0.3, -0.25) is 4.79 Å². The summed E-state index contributed by atoms with van der Waals surface area (Å²) in [6, 6.07) is 3.72. The van der Waals surface area contributed by atoms with Gasteiger partial charge in [-0.2, -0.15) is 0 Å². The highest BCUT2D eigenvalue weighted by atomic mass is 32.1. The third-order valence-corrected chi connectivity index (χ3v) is 3.14. The second-order valence-corrected chi connectivity index (χ2v) is 4.62. The number of rotatable bonds is 2. The maximum Gasteiger partial charge on any atom is 0.260 e. The van der Waals surface area contributed by atoms with Gasteiger partial charge in [-0.05, 0) is 12.1 Å². The highest BCUT2D eigenvalue weighted by Crippen LogP contribution is 2.22. The van der Waals surface area contributed by atoms with E-state index in [2.05, 4.69) is 0 Å². The van der Waals surface area contributed by atoms with Gasteiger partial charge >= 0.3 is 0 Å². The van der Waals surface area contributed by atoms with Crippen molar-refractivity contribution in [3.63, 3.8) is 0 Å². The Morgan fingerprint density at radius 3 is 2.95 bits per heavy atom. The van der Waals surface area contributed by atoms with Crippen LogP contribution in [0.3, 0.4) is 0 Å². The van der Waals surface area contributed by atoms with Crippen LogP contribution in [0, 0.1) is 5.82 Å². The summed E-state index contributed by atoms with van der Waals surface area (Å²) in [7, 11) is 0. The minimum Gasteiger partial charge on any atom is -0.507 e. The number of morpholine rings is 1. The van der Waals surface area contributed by atoms with Crippen molar-refractivity contribution < 1.29 is 19.0 Å². The quantitative estimate of drug-likeness (QED) is 0.780. The van der Waals surface area contributed by atoms with E-state index in [1.165, 1.54) is 17.0 Å². The Balaban J connectivity index is 2.22. The summed E-state index contributed by atoms with van der Waals surface area (Å²) >= 11 is 4.81. The molecule has 1 unspecified atom stereocenters. The lowest BCUT2D eigenvalue weighted by Crippen LogP contribution is -2.50. The molecular weight excluding hydrogens is 271 g/mol. The Morgan fingerprint density at radius 1 is 1.58 bits per heavy atom. The molecule has 0 spiro atoms. The molecule has 2 rings (SSSR count). The average molecular weight is 284 g/mol. The molecule has 0 bridgehead atoms. The lowest BCUT2D eigenvalue weighted by Gasteiger charge is -2.32. The predicted molar refractivity (Wildman–Crippen MR) is 70.5 cm³/mol. The Morgan fingerprint density at radius 2 is 2.32 bits per heavy atom. The summed E-state index contributed by atoms with van der Waals surface area (Å²) in [5, 5.41) is 9.60. The maximum atomic E-state index is 13.6. The van der Waals surface area contributed by atoms with Gasteiger partial charge in [-0.15, -0.1) is 0 Å². The van der Waals surface area contributed by atoms with Gasteiger partial charge in [0.1, 0.15) is 28.2 Å². The SMILES string of the molecule is NC(=S)C1CN(C(=O)c2c(O)cccc2F)CCO1. The van der Waals surface area contributed by atoms with Crippen LogP contribution in [0.4, 0.5) is 4.39 Å². The number of carbonyl (C=O) groups excluding carboxylic acids is 1. The number of carbonyl (C=O) groups is 1. The number of hydrogen-bond donors (Lipinski definition) is 2. The third-order valence-electron chi connectivity index (χ3n) is 2.88. The van der Waals surface area contributed by atoms with E-state index in [0.717, 1.165) is 6.07 Å². The highest BCUT2D eigenvalue weighted by Gasteiger charge is 2.29. The van der Waals surface area contributed by atoms with Crippen LogP contribution in [0.5, 0.6) is 5.75 Å². The minimum atomic E-state index is -0.761.